The van der Waals surface area contributed by atoms with Crippen molar-refractivity contribution in [1.29, 1.82) is 0 Å². The first-order chi connectivity index (χ1) is 11.3. The van der Waals surface area contributed by atoms with E-state index < -0.39 is 0 Å². The van der Waals surface area contributed by atoms with E-state index in [1.54, 1.807) is 0 Å². The number of nitrogens with zero attached hydrogens (tertiary/aromatic N) is 2. The number of carbonyl (C=O) groups excluding carboxylic acids is 2. The molecule has 0 fully saturated rings. The first-order valence-corrected chi connectivity index (χ1v) is 9.30. The van der Waals surface area contributed by atoms with Crippen molar-refractivity contribution >= 4 is 11.8 Å². The maximum Gasteiger partial charge on any atom is 0.237 e. The largest absolute Gasteiger partial charge is 0.355 e. The zero-order chi connectivity index (χ0) is 18.5. The van der Waals surface area contributed by atoms with Crippen molar-refractivity contribution in [1.82, 2.24) is 20.4 Å². The Labute approximate surface area is 148 Å². The van der Waals surface area contributed by atoms with Crippen molar-refractivity contribution in [3.05, 3.63) is 0 Å². The summed E-state index contributed by atoms with van der Waals surface area (Å²) in [5, 5.41) is 5.86. The summed E-state index contributed by atoms with van der Waals surface area (Å²) >= 11 is 0. The van der Waals surface area contributed by atoms with Gasteiger partial charge in [-0.25, -0.2) is 0 Å². The Morgan fingerprint density at radius 3 is 1.42 bits per heavy atom. The molecule has 2 atom stereocenters. The molecule has 0 saturated carbocycles. The molecule has 0 heterocycles. The molecular formula is C18H38N4O2. The molecular weight excluding hydrogens is 304 g/mol. The second-order valence-corrected chi connectivity index (χ2v) is 6.60. The maximum absolute atomic E-state index is 11.9. The average molecular weight is 343 g/mol. The van der Waals surface area contributed by atoms with E-state index in [-0.39, 0.29) is 23.9 Å². The van der Waals surface area contributed by atoms with Gasteiger partial charge in [0.2, 0.25) is 11.8 Å². The predicted octanol–water partition coefficient (Wildman–Crippen LogP) is 1.46. The van der Waals surface area contributed by atoms with Gasteiger partial charge in [-0.2, -0.15) is 0 Å². The Bertz CT molecular complexity index is 329. The quantitative estimate of drug-likeness (QED) is 0.497. The zero-order valence-corrected chi connectivity index (χ0v) is 16.5. The summed E-state index contributed by atoms with van der Waals surface area (Å²) in [5.74, 6) is 0.190. The number of nitrogens with one attached hydrogen (secondary N) is 2. The van der Waals surface area contributed by atoms with Crippen molar-refractivity contribution in [3.8, 4) is 0 Å². The van der Waals surface area contributed by atoms with Crippen LogP contribution in [0.2, 0.25) is 0 Å². The number of hydrogen-bond acceptors (Lipinski definition) is 4. The van der Waals surface area contributed by atoms with Crippen LogP contribution in [0.25, 0.3) is 0 Å². The highest BCUT2D eigenvalue weighted by atomic mass is 16.2. The first-order valence-electron chi connectivity index (χ1n) is 9.30. The van der Waals surface area contributed by atoms with Gasteiger partial charge in [0.15, 0.2) is 0 Å². The highest BCUT2D eigenvalue weighted by Gasteiger charge is 2.18. The van der Waals surface area contributed by atoms with Gasteiger partial charge in [0.05, 0.1) is 12.1 Å². The molecule has 0 spiro atoms. The van der Waals surface area contributed by atoms with Gasteiger partial charge >= 0.3 is 0 Å². The second kappa shape index (κ2) is 13.2. The minimum Gasteiger partial charge on any atom is -0.355 e. The Hall–Kier alpha value is -1.14. The molecule has 6 nitrogen and oxygen atoms in total. The molecule has 0 aromatic heterocycles. The van der Waals surface area contributed by atoms with Crippen LogP contribution in [-0.2, 0) is 9.59 Å². The number of hydrogen-bond donors (Lipinski definition) is 2. The third-order valence-electron chi connectivity index (χ3n) is 4.45. The molecule has 142 valence electrons. The van der Waals surface area contributed by atoms with Crippen molar-refractivity contribution in [2.45, 2.75) is 65.5 Å². The molecule has 2 unspecified atom stereocenters. The van der Waals surface area contributed by atoms with Gasteiger partial charge in [0, 0.05) is 13.1 Å². The van der Waals surface area contributed by atoms with E-state index in [4.69, 9.17) is 0 Å². The van der Waals surface area contributed by atoms with Gasteiger partial charge in [-0.15, -0.1) is 0 Å². The molecule has 2 amide bonds. The van der Waals surface area contributed by atoms with Crippen LogP contribution in [-0.4, -0.2) is 74.0 Å². The highest BCUT2D eigenvalue weighted by Crippen LogP contribution is 2.03. The van der Waals surface area contributed by atoms with Crippen LogP contribution < -0.4 is 10.6 Å². The van der Waals surface area contributed by atoms with E-state index in [1.165, 1.54) is 0 Å². The standard InChI is InChI=1S/C18H38N4O2/c1-7-11-19-17(23)15(3)21(5)13-9-10-14-22(6)16(4)18(24)20-12-8-2/h15-16H,7-14H2,1-6H3,(H,19,23)(H,20,24). The van der Waals surface area contributed by atoms with E-state index in [0.717, 1.165) is 51.9 Å². The Morgan fingerprint density at radius 1 is 0.792 bits per heavy atom. The van der Waals surface area contributed by atoms with Gasteiger partial charge in [-0.3, -0.25) is 19.4 Å². The van der Waals surface area contributed by atoms with Gasteiger partial charge < -0.3 is 10.6 Å². The van der Waals surface area contributed by atoms with Crippen LogP contribution in [0.15, 0.2) is 0 Å². The molecule has 0 bridgehead atoms. The van der Waals surface area contributed by atoms with Crippen LogP contribution in [0.5, 0.6) is 0 Å². The number of rotatable bonds is 13. The van der Waals surface area contributed by atoms with Crippen molar-refractivity contribution < 1.29 is 9.59 Å². The molecule has 2 N–H and O–H groups in total. The number of unbranched alkanes of at least 4 members (excludes halogenated alkanes) is 1. The molecule has 0 aliphatic heterocycles. The lowest BCUT2D eigenvalue weighted by molar-refractivity contribution is -0.126. The predicted molar refractivity (Wildman–Crippen MR) is 100 cm³/mol. The van der Waals surface area contributed by atoms with E-state index in [9.17, 15) is 9.59 Å². The maximum atomic E-state index is 11.9. The van der Waals surface area contributed by atoms with E-state index >= 15 is 0 Å². The van der Waals surface area contributed by atoms with Crippen molar-refractivity contribution in [2.24, 2.45) is 0 Å². The molecule has 0 saturated heterocycles. The molecule has 0 rings (SSSR count). The topological polar surface area (TPSA) is 64.7 Å². The van der Waals surface area contributed by atoms with Crippen molar-refractivity contribution in [3.63, 3.8) is 0 Å². The van der Waals surface area contributed by atoms with Crippen LogP contribution in [0.1, 0.15) is 53.4 Å². The summed E-state index contributed by atoms with van der Waals surface area (Å²) in [4.78, 5) is 28.0. The smallest absolute Gasteiger partial charge is 0.237 e. The van der Waals surface area contributed by atoms with Gasteiger partial charge in [-0.05, 0) is 66.7 Å². The highest BCUT2D eigenvalue weighted by molar-refractivity contribution is 5.81. The van der Waals surface area contributed by atoms with Crippen LogP contribution in [0, 0.1) is 0 Å². The van der Waals surface area contributed by atoms with Gasteiger partial charge in [0.1, 0.15) is 0 Å². The molecule has 24 heavy (non-hydrogen) atoms. The first kappa shape index (κ1) is 22.9. The van der Waals surface area contributed by atoms with Crippen LogP contribution in [0.4, 0.5) is 0 Å². The summed E-state index contributed by atoms with van der Waals surface area (Å²) in [6, 6.07) is -0.207. The fourth-order valence-electron chi connectivity index (χ4n) is 2.30. The number of carbonyl (C=O) groups is 2. The summed E-state index contributed by atoms with van der Waals surface area (Å²) in [6.45, 7) is 11.2. The summed E-state index contributed by atoms with van der Waals surface area (Å²) < 4.78 is 0. The van der Waals surface area contributed by atoms with Crippen molar-refractivity contribution in [2.75, 3.05) is 40.3 Å². The lowest BCUT2D eigenvalue weighted by atomic mass is 10.2. The minimum absolute atomic E-state index is 0.0951. The van der Waals surface area contributed by atoms with Crippen LogP contribution in [0.3, 0.4) is 0 Å². The lowest BCUT2D eigenvalue weighted by Gasteiger charge is -2.26. The summed E-state index contributed by atoms with van der Waals surface area (Å²) in [5.41, 5.74) is 0. The molecule has 6 heteroatoms. The Kier molecular flexibility index (Phi) is 12.6. The monoisotopic (exact) mass is 342 g/mol. The Balaban J connectivity index is 3.98. The second-order valence-electron chi connectivity index (χ2n) is 6.60. The number of likely N-dealkylation sites (N-methyl/N-ethyl adjacent to an activating group) is 2. The average Bonchev–Trinajstić information content (AvgIpc) is 2.59. The number of amides is 2. The molecule has 0 radical (unpaired) electrons. The molecule has 0 aromatic rings. The third kappa shape index (κ3) is 9.23. The molecule has 0 aromatic carbocycles. The van der Waals surface area contributed by atoms with E-state index in [0.29, 0.717) is 0 Å². The lowest BCUT2D eigenvalue weighted by Crippen LogP contribution is -2.44. The normalized spacial score (nSPS) is 13.8. The summed E-state index contributed by atoms with van der Waals surface area (Å²) in [6.07, 6.45) is 3.93. The fraction of sp³-hybridized carbons (Fsp3) is 0.889. The molecule has 0 aliphatic rings. The third-order valence-corrected chi connectivity index (χ3v) is 4.45. The summed E-state index contributed by atoms with van der Waals surface area (Å²) in [7, 11) is 3.97. The fourth-order valence-corrected chi connectivity index (χ4v) is 2.30. The van der Waals surface area contributed by atoms with Gasteiger partial charge in [-0.1, -0.05) is 13.8 Å². The SMILES string of the molecule is CCCNC(=O)C(C)N(C)CCCCN(C)C(C)C(=O)NCCC. The minimum atomic E-state index is -0.104. The van der Waals surface area contributed by atoms with E-state index in [1.807, 2.05) is 27.9 Å². The van der Waals surface area contributed by atoms with Crippen LogP contribution >= 0.6 is 0 Å². The Morgan fingerprint density at radius 2 is 1.12 bits per heavy atom. The molecule has 0 aliphatic carbocycles. The van der Waals surface area contributed by atoms with E-state index in [2.05, 4.69) is 34.3 Å². The zero-order valence-electron chi connectivity index (χ0n) is 16.5. The van der Waals surface area contributed by atoms with Gasteiger partial charge in [0.25, 0.3) is 0 Å².